The number of ether oxygens (including phenoxy) is 1. The number of carbonyl (C=O) groups is 1. The number of fused-ring (bicyclic) bond motifs is 1. The van der Waals surface area contributed by atoms with E-state index < -0.39 is 45.5 Å². The number of halogens is 3. The average molecular weight is 454 g/mol. The van der Waals surface area contributed by atoms with Crippen LogP contribution in [0.3, 0.4) is 0 Å². The molecule has 3 rings (SSSR count). The van der Waals surface area contributed by atoms with E-state index in [0.29, 0.717) is 0 Å². The maximum Gasteiger partial charge on any atom is 0.416 e. The van der Waals surface area contributed by atoms with E-state index in [1.807, 2.05) is 0 Å². The topological polar surface area (TPSA) is 129 Å². The van der Waals surface area contributed by atoms with Gasteiger partial charge in [0.2, 0.25) is 11.8 Å². The molecule has 0 saturated heterocycles. The molecule has 0 saturated carbocycles. The molecular weight excluding hydrogens is 437 g/mol. The largest absolute Gasteiger partial charge is 0.462 e. The van der Waals surface area contributed by atoms with Gasteiger partial charge in [0.1, 0.15) is 11.8 Å². The van der Waals surface area contributed by atoms with Gasteiger partial charge in [-0.1, -0.05) is 0 Å². The van der Waals surface area contributed by atoms with Crippen molar-refractivity contribution in [2.75, 3.05) is 6.61 Å². The molecule has 32 heavy (non-hydrogen) atoms. The van der Waals surface area contributed by atoms with Crippen LogP contribution in [0.2, 0.25) is 0 Å². The van der Waals surface area contributed by atoms with Crippen LogP contribution >= 0.6 is 0 Å². The normalized spacial score (nSPS) is 12.7. The molecule has 0 amide bonds. The number of hydrogen-bond donors (Lipinski definition) is 1. The fourth-order valence-electron chi connectivity index (χ4n) is 3.14. The first-order chi connectivity index (χ1) is 15.0. The number of nitrogens with zero attached hydrogens (tertiary/aromatic N) is 4. The molecule has 0 aliphatic carbocycles. The van der Waals surface area contributed by atoms with Crippen LogP contribution in [0.1, 0.15) is 22.8 Å². The summed E-state index contributed by atoms with van der Waals surface area (Å²) in [4.78, 5) is 38.4. The van der Waals surface area contributed by atoms with Crippen LogP contribution in [0.15, 0.2) is 41.7 Å². The Bertz CT molecular complexity index is 1230. The molecule has 3 aromatic rings. The molecule has 0 aliphatic heterocycles. The number of pyridine rings is 1. The van der Waals surface area contributed by atoms with Crippen LogP contribution in [-0.2, 0) is 24.0 Å². The molecule has 13 heteroatoms. The summed E-state index contributed by atoms with van der Waals surface area (Å²) in [5, 5.41) is 21.0. The minimum Gasteiger partial charge on any atom is -0.462 e. The molecule has 1 unspecified atom stereocenters. The summed E-state index contributed by atoms with van der Waals surface area (Å²) in [5.74, 6) is -1.39. The Morgan fingerprint density at radius 1 is 1.31 bits per heavy atom. The predicted octanol–water partition coefficient (Wildman–Crippen LogP) is 2.36. The van der Waals surface area contributed by atoms with E-state index in [0.717, 1.165) is 41.5 Å². The highest BCUT2D eigenvalue weighted by Crippen LogP contribution is 2.31. The van der Waals surface area contributed by atoms with Crippen LogP contribution < -0.4 is 5.43 Å². The van der Waals surface area contributed by atoms with Gasteiger partial charge in [0.25, 0.3) is 0 Å². The van der Waals surface area contributed by atoms with Crippen LogP contribution in [0, 0.1) is 10.1 Å². The number of aromatic nitrogens is 3. The SMILES string of the molecule is CCOC(=O)c1cn(CC(O)Cn2cnc([N+](=O)[O-])c2)c2cc(C(F)(F)F)ccc2c1=O. The highest BCUT2D eigenvalue weighted by Gasteiger charge is 2.31. The van der Waals surface area contributed by atoms with Gasteiger partial charge >= 0.3 is 18.0 Å². The minimum atomic E-state index is -4.68. The molecule has 0 spiro atoms. The fourth-order valence-corrected chi connectivity index (χ4v) is 3.14. The first-order valence-corrected chi connectivity index (χ1v) is 9.27. The number of hydrogen-bond acceptors (Lipinski definition) is 7. The van der Waals surface area contributed by atoms with Crippen LogP contribution in [-0.4, -0.2) is 42.8 Å². The Labute approximate surface area is 177 Å². The van der Waals surface area contributed by atoms with Crippen molar-refractivity contribution < 1.29 is 32.7 Å². The zero-order valence-electron chi connectivity index (χ0n) is 16.6. The molecular formula is C19H17F3N4O6. The monoisotopic (exact) mass is 454 g/mol. The number of carbonyl (C=O) groups excluding carboxylic acids is 1. The lowest BCUT2D eigenvalue weighted by Crippen LogP contribution is -2.26. The minimum absolute atomic E-state index is 0.0225. The van der Waals surface area contributed by atoms with E-state index in [1.165, 1.54) is 11.5 Å². The van der Waals surface area contributed by atoms with E-state index in [2.05, 4.69) is 4.98 Å². The van der Waals surface area contributed by atoms with Crippen molar-refractivity contribution in [1.82, 2.24) is 14.1 Å². The zero-order valence-corrected chi connectivity index (χ0v) is 16.6. The standard InChI is InChI=1S/C19H17F3N4O6/c1-2-32-18(29)14-8-25(7-12(27)6-24-9-16(23-10-24)26(30)31)15-5-11(19(20,21)22)3-4-13(15)17(14)28/h3-5,8-10,12,27H,2,6-7H2,1H3. The first-order valence-electron chi connectivity index (χ1n) is 9.27. The summed E-state index contributed by atoms with van der Waals surface area (Å²) in [6.45, 7) is 1.01. The first kappa shape index (κ1) is 22.9. The van der Waals surface area contributed by atoms with Crippen molar-refractivity contribution in [1.29, 1.82) is 0 Å². The van der Waals surface area contributed by atoms with Gasteiger partial charge in [-0.3, -0.25) is 4.79 Å². The summed E-state index contributed by atoms with van der Waals surface area (Å²) in [6.07, 6.45) is -2.69. The van der Waals surface area contributed by atoms with Gasteiger partial charge in [-0.25, -0.2) is 4.79 Å². The maximum atomic E-state index is 13.2. The number of aliphatic hydroxyl groups excluding tert-OH is 1. The van der Waals surface area contributed by atoms with E-state index >= 15 is 0 Å². The molecule has 0 bridgehead atoms. The lowest BCUT2D eigenvalue weighted by atomic mass is 10.1. The molecule has 0 aliphatic rings. The quantitative estimate of drug-likeness (QED) is 0.330. The second-order valence-electron chi connectivity index (χ2n) is 6.81. The Morgan fingerprint density at radius 2 is 2.03 bits per heavy atom. The Kier molecular flexibility index (Phi) is 6.30. The van der Waals surface area contributed by atoms with Gasteiger partial charge in [0.15, 0.2) is 0 Å². The zero-order chi connectivity index (χ0) is 23.6. The smallest absolute Gasteiger partial charge is 0.416 e. The van der Waals surface area contributed by atoms with Crippen molar-refractivity contribution in [2.24, 2.45) is 0 Å². The fraction of sp³-hybridized carbons (Fsp3) is 0.316. The van der Waals surface area contributed by atoms with Crippen LogP contribution in [0.5, 0.6) is 0 Å². The lowest BCUT2D eigenvalue weighted by molar-refractivity contribution is -0.389. The van der Waals surface area contributed by atoms with Crippen molar-refractivity contribution >= 4 is 22.7 Å². The Balaban J connectivity index is 2.04. The second kappa shape index (κ2) is 8.78. The summed E-state index contributed by atoms with van der Waals surface area (Å²) in [6, 6.07) is 2.44. The van der Waals surface area contributed by atoms with Crippen LogP contribution in [0.25, 0.3) is 10.9 Å². The predicted molar refractivity (Wildman–Crippen MR) is 104 cm³/mol. The number of nitro groups is 1. The van der Waals surface area contributed by atoms with Crippen molar-refractivity contribution in [2.45, 2.75) is 32.3 Å². The molecule has 0 radical (unpaired) electrons. The Hall–Kier alpha value is -3.74. The second-order valence-corrected chi connectivity index (χ2v) is 6.81. The number of imidazole rings is 1. The molecule has 0 fully saturated rings. The summed E-state index contributed by atoms with van der Waals surface area (Å²) in [5.41, 5.74) is -2.36. The number of alkyl halides is 3. The van der Waals surface area contributed by atoms with Gasteiger partial charge in [-0.15, -0.1) is 0 Å². The summed E-state index contributed by atoms with van der Waals surface area (Å²) in [7, 11) is 0. The van der Waals surface area contributed by atoms with Gasteiger partial charge < -0.3 is 29.1 Å². The highest BCUT2D eigenvalue weighted by molar-refractivity contribution is 5.94. The van der Waals surface area contributed by atoms with Crippen molar-refractivity contribution in [3.05, 3.63) is 68.4 Å². The van der Waals surface area contributed by atoms with Crippen molar-refractivity contribution in [3.8, 4) is 0 Å². The number of esters is 1. The highest BCUT2D eigenvalue weighted by atomic mass is 19.4. The average Bonchev–Trinajstić information content (AvgIpc) is 3.18. The third-order valence-corrected chi connectivity index (χ3v) is 4.54. The van der Waals surface area contributed by atoms with E-state index in [9.17, 15) is 38.0 Å². The number of rotatable bonds is 7. The third kappa shape index (κ3) is 4.77. The van der Waals surface area contributed by atoms with Gasteiger partial charge in [-0.2, -0.15) is 13.2 Å². The van der Waals surface area contributed by atoms with E-state index in [4.69, 9.17) is 4.74 Å². The molecule has 10 nitrogen and oxygen atoms in total. The molecule has 2 heterocycles. The maximum absolute atomic E-state index is 13.2. The molecule has 1 atom stereocenters. The molecule has 1 N–H and O–H groups in total. The molecule has 170 valence electrons. The molecule has 2 aromatic heterocycles. The van der Waals surface area contributed by atoms with E-state index in [-0.39, 0.29) is 30.6 Å². The number of benzene rings is 1. The lowest BCUT2D eigenvalue weighted by Gasteiger charge is -2.18. The Morgan fingerprint density at radius 3 is 2.62 bits per heavy atom. The third-order valence-electron chi connectivity index (χ3n) is 4.54. The van der Waals surface area contributed by atoms with Gasteiger partial charge in [-0.05, 0) is 35.0 Å². The van der Waals surface area contributed by atoms with Crippen LogP contribution in [0.4, 0.5) is 19.0 Å². The van der Waals surface area contributed by atoms with E-state index in [1.54, 1.807) is 0 Å². The molecule has 1 aromatic carbocycles. The summed E-state index contributed by atoms with van der Waals surface area (Å²) >= 11 is 0. The number of aliphatic hydroxyl groups is 1. The van der Waals surface area contributed by atoms with Gasteiger partial charge in [0.05, 0.1) is 36.9 Å². The summed E-state index contributed by atoms with van der Waals surface area (Å²) < 4.78 is 46.8. The van der Waals surface area contributed by atoms with Gasteiger partial charge in [0, 0.05) is 11.6 Å². The van der Waals surface area contributed by atoms with Crippen molar-refractivity contribution in [3.63, 3.8) is 0 Å².